The van der Waals surface area contributed by atoms with Gasteiger partial charge in [0.05, 0.1) is 0 Å². The Morgan fingerprint density at radius 2 is 0.840 bits per heavy atom. The van der Waals surface area contributed by atoms with Gasteiger partial charge in [0.25, 0.3) is 0 Å². The summed E-state index contributed by atoms with van der Waals surface area (Å²) in [5, 5.41) is 0. The molecule has 0 aliphatic heterocycles. The van der Waals surface area contributed by atoms with E-state index < -0.39 is 6.10 Å². The first-order chi connectivity index (χ1) is 24.5. The van der Waals surface area contributed by atoms with E-state index in [9.17, 15) is 14.4 Å². The van der Waals surface area contributed by atoms with Crippen molar-refractivity contribution in [2.45, 2.75) is 162 Å². The van der Waals surface area contributed by atoms with Crippen molar-refractivity contribution in [1.82, 2.24) is 0 Å². The molecule has 6 nitrogen and oxygen atoms in total. The first-order valence-electron chi connectivity index (χ1n) is 19.7. The third kappa shape index (κ3) is 35.9. The minimum absolute atomic E-state index is 0.121. The summed E-state index contributed by atoms with van der Waals surface area (Å²) in [6, 6.07) is 0. The summed E-state index contributed by atoms with van der Waals surface area (Å²) in [6.45, 7) is 6.26. The maximum atomic E-state index is 12.6. The molecule has 1 atom stereocenters. The minimum Gasteiger partial charge on any atom is -0.462 e. The fraction of sp³-hybridized carbons (Fsp3) is 0.614. The molecular formula is C44H70O6. The second-order valence-corrected chi connectivity index (χ2v) is 12.6. The number of allylic oxidation sites excluding steroid dienone is 14. The summed E-state index contributed by atoms with van der Waals surface area (Å²) in [4.78, 5) is 37.4. The largest absolute Gasteiger partial charge is 0.462 e. The normalized spacial score (nSPS) is 12.9. The Morgan fingerprint density at radius 1 is 0.420 bits per heavy atom. The van der Waals surface area contributed by atoms with E-state index in [4.69, 9.17) is 14.2 Å². The zero-order valence-electron chi connectivity index (χ0n) is 31.9. The molecule has 0 aromatic rings. The molecule has 0 heterocycles. The predicted molar refractivity (Wildman–Crippen MR) is 210 cm³/mol. The van der Waals surface area contributed by atoms with Crippen LogP contribution in [-0.2, 0) is 28.6 Å². The molecule has 0 saturated carbocycles. The van der Waals surface area contributed by atoms with Crippen molar-refractivity contribution in [3.63, 3.8) is 0 Å². The zero-order chi connectivity index (χ0) is 36.6. The molecule has 1 unspecified atom stereocenters. The summed E-state index contributed by atoms with van der Waals surface area (Å²) in [5.41, 5.74) is 0. The minimum atomic E-state index is -0.817. The van der Waals surface area contributed by atoms with Crippen molar-refractivity contribution >= 4 is 17.9 Å². The Morgan fingerprint density at radius 3 is 1.38 bits per heavy atom. The molecule has 0 aromatic heterocycles. The summed E-state index contributed by atoms with van der Waals surface area (Å²) < 4.78 is 16.5. The first-order valence-corrected chi connectivity index (χ1v) is 19.7. The summed E-state index contributed by atoms with van der Waals surface area (Å²) in [6.07, 6.45) is 47.3. The Kier molecular flexibility index (Phi) is 35.8. The highest BCUT2D eigenvalue weighted by molar-refractivity contribution is 5.71. The van der Waals surface area contributed by atoms with Crippen LogP contribution in [0.2, 0.25) is 0 Å². The van der Waals surface area contributed by atoms with E-state index in [-0.39, 0.29) is 37.5 Å². The maximum Gasteiger partial charge on any atom is 0.306 e. The van der Waals surface area contributed by atoms with E-state index in [1.165, 1.54) is 38.5 Å². The fourth-order valence-electron chi connectivity index (χ4n) is 4.75. The van der Waals surface area contributed by atoms with Crippen LogP contribution in [0.1, 0.15) is 156 Å². The molecule has 50 heavy (non-hydrogen) atoms. The second kappa shape index (κ2) is 38.4. The smallest absolute Gasteiger partial charge is 0.306 e. The van der Waals surface area contributed by atoms with Crippen molar-refractivity contribution in [1.29, 1.82) is 0 Å². The van der Waals surface area contributed by atoms with Crippen molar-refractivity contribution in [2.24, 2.45) is 0 Å². The highest BCUT2D eigenvalue weighted by Crippen LogP contribution is 2.10. The van der Waals surface area contributed by atoms with Crippen LogP contribution in [-0.4, -0.2) is 37.2 Å². The van der Waals surface area contributed by atoms with Gasteiger partial charge in [-0.3, -0.25) is 14.4 Å². The molecule has 0 aliphatic rings. The molecule has 6 heteroatoms. The predicted octanol–water partition coefficient (Wildman–Crippen LogP) is 12.1. The fourth-order valence-corrected chi connectivity index (χ4v) is 4.75. The van der Waals surface area contributed by atoms with Gasteiger partial charge < -0.3 is 14.2 Å². The second-order valence-electron chi connectivity index (χ2n) is 12.6. The molecular weight excluding hydrogens is 624 g/mol. The van der Waals surface area contributed by atoms with Gasteiger partial charge in [0.1, 0.15) is 13.2 Å². The molecule has 282 valence electrons. The number of rotatable bonds is 33. The number of ether oxygens (including phenoxy) is 3. The molecule has 0 rings (SSSR count). The Labute approximate surface area is 305 Å². The van der Waals surface area contributed by atoms with Crippen LogP contribution >= 0.6 is 0 Å². The van der Waals surface area contributed by atoms with Crippen LogP contribution in [0.4, 0.5) is 0 Å². The van der Waals surface area contributed by atoms with E-state index >= 15 is 0 Å². The molecule has 0 aliphatic carbocycles. The molecule has 0 amide bonds. The van der Waals surface area contributed by atoms with Gasteiger partial charge >= 0.3 is 17.9 Å². The van der Waals surface area contributed by atoms with Gasteiger partial charge in [0, 0.05) is 19.3 Å². The van der Waals surface area contributed by atoms with Gasteiger partial charge in [-0.25, -0.2) is 0 Å². The summed E-state index contributed by atoms with van der Waals surface area (Å²) >= 11 is 0. The van der Waals surface area contributed by atoms with Crippen LogP contribution < -0.4 is 0 Å². The quantitative estimate of drug-likeness (QED) is 0.0224. The lowest BCUT2D eigenvalue weighted by atomic mass is 10.1. The molecule has 0 fully saturated rings. The third-order valence-electron chi connectivity index (χ3n) is 7.73. The highest BCUT2D eigenvalue weighted by Gasteiger charge is 2.19. The van der Waals surface area contributed by atoms with Gasteiger partial charge in [-0.15, -0.1) is 0 Å². The molecule has 0 spiro atoms. The van der Waals surface area contributed by atoms with Gasteiger partial charge in [0.15, 0.2) is 6.10 Å². The highest BCUT2D eigenvalue weighted by atomic mass is 16.6. The van der Waals surface area contributed by atoms with E-state index in [2.05, 4.69) is 51.2 Å². The van der Waals surface area contributed by atoms with Gasteiger partial charge in [-0.1, -0.05) is 151 Å². The Hall–Kier alpha value is -3.41. The Bertz CT molecular complexity index is 1030. The van der Waals surface area contributed by atoms with Crippen LogP contribution in [0.25, 0.3) is 0 Å². The first kappa shape index (κ1) is 46.6. The summed E-state index contributed by atoms with van der Waals surface area (Å²) in [7, 11) is 0. The number of carbonyl (C=O) groups is 3. The van der Waals surface area contributed by atoms with Crippen LogP contribution in [0, 0.1) is 0 Å². The molecule has 0 radical (unpaired) electrons. The van der Waals surface area contributed by atoms with E-state index in [1.54, 1.807) is 0 Å². The van der Waals surface area contributed by atoms with Crippen LogP contribution in [0.3, 0.4) is 0 Å². The van der Waals surface area contributed by atoms with Gasteiger partial charge in [0.2, 0.25) is 0 Å². The van der Waals surface area contributed by atoms with Crippen LogP contribution in [0.15, 0.2) is 85.1 Å². The SMILES string of the molecule is CC\C=C/C=C\C=C/C=C\C=C/CCCC(=O)OCC(COC(=O)CCC/C=C\CCCCCC)OC(=O)CCCCCC/C=C\CCCC. The summed E-state index contributed by atoms with van der Waals surface area (Å²) in [5.74, 6) is -1.06. The average molecular weight is 695 g/mol. The standard InChI is InChI=1S/C44H70O6/c1-4-7-10-13-16-19-21-22-23-26-28-31-34-37-43(46)49-40-41(39-48-42(45)36-33-30-27-24-18-15-12-9-6-3)50-44(47)38-35-32-29-25-20-17-14-11-8-5-2/h7,10,13-14,16-17,19,21-24,26-28,41H,4-6,8-9,11-12,15,18,20,25,29-40H2,1-3H3/b10-7-,16-13-,17-14-,21-19-,23-22-,27-24-,28-26-. The monoisotopic (exact) mass is 695 g/mol. The lowest BCUT2D eigenvalue weighted by molar-refractivity contribution is -0.167. The van der Waals surface area contributed by atoms with Crippen molar-refractivity contribution in [2.75, 3.05) is 13.2 Å². The molecule has 0 N–H and O–H groups in total. The number of hydrogen-bond donors (Lipinski definition) is 0. The lowest BCUT2D eigenvalue weighted by Gasteiger charge is -2.18. The number of esters is 3. The van der Waals surface area contributed by atoms with Crippen molar-refractivity contribution in [3.05, 3.63) is 85.1 Å². The number of hydrogen-bond acceptors (Lipinski definition) is 6. The molecule has 0 aromatic carbocycles. The lowest BCUT2D eigenvalue weighted by Crippen LogP contribution is -2.30. The van der Waals surface area contributed by atoms with Crippen molar-refractivity contribution < 1.29 is 28.6 Å². The van der Waals surface area contributed by atoms with Gasteiger partial charge in [-0.2, -0.15) is 0 Å². The zero-order valence-corrected chi connectivity index (χ0v) is 31.9. The average Bonchev–Trinajstić information content (AvgIpc) is 3.11. The van der Waals surface area contributed by atoms with E-state index in [0.717, 1.165) is 64.2 Å². The maximum absolute atomic E-state index is 12.6. The molecule has 0 saturated heterocycles. The van der Waals surface area contributed by atoms with E-state index in [0.29, 0.717) is 25.7 Å². The number of carbonyl (C=O) groups excluding carboxylic acids is 3. The number of unbranched alkanes of at least 4 members (excludes halogenated alkanes) is 12. The van der Waals surface area contributed by atoms with Crippen LogP contribution in [0.5, 0.6) is 0 Å². The third-order valence-corrected chi connectivity index (χ3v) is 7.73. The van der Waals surface area contributed by atoms with E-state index in [1.807, 2.05) is 54.7 Å². The Balaban J connectivity index is 4.57. The topological polar surface area (TPSA) is 78.9 Å². The van der Waals surface area contributed by atoms with Gasteiger partial charge in [-0.05, 0) is 70.6 Å². The molecule has 0 bridgehead atoms. The van der Waals surface area contributed by atoms with Crippen molar-refractivity contribution in [3.8, 4) is 0 Å².